The van der Waals surface area contributed by atoms with Crippen LogP contribution in [0.1, 0.15) is 24.8 Å². The fourth-order valence-corrected chi connectivity index (χ4v) is 3.46. The molecule has 0 aromatic heterocycles. The molecule has 1 aromatic rings. The van der Waals surface area contributed by atoms with Crippen molar-refractivity contribution in [3.63, 3.8) is 0 Å². The lowest BCUT2D eigenvalue weighted by atomic mass is 10.2. The van der Waals surface area contributed by atoms with Crippen molar-refractivity contribution in [1.29, 1.82) is 0 Å². The number of amides is 1. The number of nitrogens with two attached hydrogens (primary N) is 1. The molecule has 1 fully saturated rings. The first-order valence-corrected chi connectivity index (χ1v) is 8.63. The summed E-state index contributed by atoms with van der Waals surface area (Å²) < 4.78 is 5.54. The van der Waals surface area contributed by atoms with Crippen molar-refractivity contribution in [2.45, 2.75) is 30.6 Å². The zero-order valence-corrected chi connectivity index (χ0v) is 13.6. The first kappa shape index (κ1) is 16.1. The van der Waals surface area contributed by atoms with Crippen molar-refractivity contribution < 1.29 is 9.53 Å². The second kappa shape index (κ2) is 7.66. The van der Waals surface area contributed by atoms with Gasteiger partial charge < -0.3 is 15.8 Å². The van der Waals surface area contributed by atoms with Gasteiger partial charge in [0.1, 0.15) is 10.7 Å². The predicted octanol–water partition coefficient (Wildman–Crippen LogP) is 2.10. The largest absolute Gasteiger partial charge is 0.483 e. The van der Waals surface area contributed by atoms with Gasteiger partial charge in [-0.05, 0) is 37.7 Å². The quantitative estimate of drug-likeness (QED) is 0.785. The highest BCUT2D eigenvalue weighted by molar-refractivity contribution is 7.99. The molecule has 0 heterocycles. The second-order valence-electron chi connectivity index (χ2n) is 5.08. The summed E-state index contributed by atoms with van der Waals surface area (Å²) in [5.74, 6) is 0.452. The Bertz CT molecular complexity index is 522. The topological polar surface area (TPSA) is 64.3 Å². The van der Waals surface area contributed by atoms with Crippen molar-refractivity contribution >= 4 is 34.9 Å². The van der Waals surface area contributed by atoms with E-state index in [0.29, 0.717) is 16.6 Å². The van der Waals surface area contributed by atoms with Gasteiger partial charge in [-0.2, -0.15) is 11.8 Å². The van der Waals surface area contributed by atoms with Crippen molar-refractivity contribution in [1.82, 2.24) is 5.32 Å². The van der Waals surface area contributed by atoms with Crippen LogP contribution in [-0.4, -0.2) is 35.1 Å². The Morgan fingerprint density at radius 3 is 2.90 bits per heavy atom. The zero-order chi connectivity index (χ0) is 15.2. The number of thioether (sulfide) groups is 1. The number of carbonyl (C=O) groups excluding carboxylic acids is 1. The molecule has 0 saturated heterocycles. The van der Waals surface area contributed by atoms with Gasteiger partial charge in [0.15, 0.2) is 6.61 Å². The first-order valence-electron chi connectivity index (χ1n) is 6.94. The monoisotopic (exact) mass is 324 g/mol. The molecular formula is C15H20N2O2S2. The zero-order valence-electron chi connectivity index (χ0n) is 12.0. The maximum Gasteiger partial charge on any atom is 0.258 e. The van der Waals surface area contributed by atoms with E-state index in [0.717, 1.165) is 19.3 Å². The third-order valence-corrected chi connectivity index (χ3v) is 4.91. The third-order valence-electron chi connectivity index (χ3n) is 3.59. The highest BCUT2D eigenvalue weighted by Crippen LogP contribution is 2.28. The van der Waals surface area contributed by atoms with E-state index in [1.165, 1.54) is 0 Å². The summed E-state index contributed by atoms with van der Waals surface area (Å²) in [5, 5.41) is 3.68. The molecular weight excluding hydrogens is 304 g/mol. The number of carbonyl (C=O) groups is 1. The molecule has 1 aliphatic carbocycles. The minimum atomic E-state index is -0.0977. The molecule has 3 N–H and O–H groups in total. The van der Waals surface area contributed by atoms with Crippen molar-refractivity contribution in [3.05, 3.63) is 29.8 Å². The molecule has 1 aliphatic rings. The van der Waals surface area contributed by atoms with Crippen LogP contribution in [0.2, 0.25) is 0 Å². The normalized spacial score (nSPS) is 21.0. The predicted molar refractivity (Wildman–Crippen MR) is 90.9 cm³/mol. The van der Waals surface area contributed by atoms with E-state index in [1.54, 1.807) is 12.1 Å². The number of nitrogens with one attached hydrogen (secondary N) is 1. The number of rotatable bonds is 6. The summed E-state index contributed by atoms with van der Waals surface area (Å²) in [6.45, 7) is -0.0138. The minimum Gasteiger partial charge on any atom is -0.483 e. The van der Waals surface area contributed by atoms with Crippen LogP contribution in [0.15, 0.2) is 24.3 Å². The van der Waals surface area contributed by atoms with E-state index >= 15 is 0 Å². The highest BCUT2D eigenvalue weighted by atomic mass is 32.2. The van der Waals surface area contributed by atoms with Gasteiger partial charge in [-0.1, -0.05) is 24.4 Å². The van der Waals surface area contributed by atoms with Gasteiger partial charge in [0, 0.05) is 11.3 Å². The fraction of sp³-hybridized carbons (Fsp3) is 0.467. The molecule has 2 unspecified atom stereocenters. The van der Waals surface area contributed by atoms with Crippen LogP contribution in [0.3, 0.4) is 0 Å². The molecule has 1 saturated carbocycles. The molecule has 0 radical (unpaired) electrons. The number of hydrogen-bond acceptors (Lipinski definition) is 4. The van der Waals surface area contributed by atoms with E-state index < -0.39 is 0 Å². The second-order valence-corrected chi connectivity index (χ2v) is 6.66. The number of benzene rings is 1. The van der Waals surface area contributed by atoms with Gasteiger partial charge in [0.2, 0.25) is 0 Å². The average molecular weight is 324 g/mol. The van der Waals surface area contributed by atoms with Gasteiger partial charge >= 0.3 is 0 Å². The molecule has 1 amide bonds. The molecule has 114 valence electrons. The van der Waals surface area contributed by atoms with Gasteiger partial charge in [-0.15, -0.1) is 0 Å². The summed E-state index contributed by atoms with van der Waals surface area (Å²) in [7, 11) is 0. The van der Waals surface area contributed by atoms with Crippen LogP contribution in [0, 0.1) is 0 Å². The van der Waals surface area contributed by atoms with Crippen molar-refractivity contribution in [2.75, 3.05) is 12.9 Å². The average Bonchev–Trinajstić information content (AvgIpc) is 2.93. The van der Waals surface area contributed by atoms with E-state index in [9.17, 15) is 4.79 Å². The lowest BCUT2D eigenvalue weighted by Crippen LogP contribution is -2.36. The van der Waals surface area contributed by atoms with Gasteiger partial charge in [0.05, 0.1) is 5.56 Å². The lowest BCUT2D eigenvalue weighted by molar-refractivity contribution is -0.123. The number of thiocarbonyl (C=S) groups is 1. The molecule has 0 aliphatic heterocycles. The van der Waals surface area contributed by atoms with E-state index in [1.807, 2.05) is 23.9 Å². The molecule has 1 aromatic carbocycles. The Morgan fingerprint density at radius 1 is 1.48 bits per heavy atom. The Hall–Kier alpha value is -1.27. The third kappa shape index (κ3) is 4.61. The molecule has 0 spiro atoms. The summed E-state index contributed by atoms with van der Waals surface area (Å²) in [5.41, 5.74) is 6.29. The van der Waals surface area contributed by atoms with Crippen LogP contribution < -0.4 is 15.8 Å². The Balaban J connectivity index is 1.83. The molecule has 2 rings (SSSR count). The SMILES string of the molecule is CSC1CCC(NC(=O)COc2ccccc2C(N)=S)C1. The van der Waals surface area contributed by atoms with Crippen molar-refractivity contribution in [3.8, 4) is 5.75 Å². The molecule has 6 heteroatoms. The maximum absolute atomic E-state index is 11.9. The number of ether oxygens (including phenoxy) is 1. The molecule has 2 atom stereocenters. The Labute approximate surface area is 134 Å². The van der Waals surface area contributed by atoms with E-state index in [2.05, 4.69) is 11.6 Å². The number of hydrogen-bond donors (Lipinski definition) is 2. The van der Waals surface area contributed by atoms with Crippen LogP contribution >= 0.6 is 24.0 Å². The standard InChI is InChI=1S/C15H20N2O2S2/c1-21-11-7-6-10(8-11)17-14(18)9-19-13-5-3-2-4-12(13)15(16)20/h2-5,10-11H,6-9H2,1H3,(H2,16,20)(H,17,18). The molecule has 21 heavy (non-hydrogen) atoms. The van der Waals surface area contributed by atoms with Gasteiger partial charge in [-0.3, -0.25) is 4.79 Å². The van der Waals surface area contributed by atoms with Gasteiger partial charge in [0.25, 0.3) is 5.91 Å². The Morgan fingerprint density at radius 2 is 2.24 bits per heavy atom. The summed E-state index contributed by atoms with van der Waals surface area (Å²) in [4.78, 5) is 12.2. The lowest BCUT2D eigenvalue weighted by Gasteiger charge is -2.14. The summed E-state index contributed by atoms with van der Waals surface area (Å²) >= 11 is 6.83. The highest BCUT2D eigenvalue weighted by Gasteiger charge is 2.25. The van der Waals surface area contributed by atoms with Gasteiger partial charge in [-0.25, -0.2) is 0 Å². The van der Waals surface area contributed by atoms with E-state index in [4.69, 9.17) is 22.7 Å². The summed E-state index contributed by atoms with van der Waals surface area (Å²) in [6, 6.07) is 7.48. The van der Waals surface area contributed by atoms with Crippen LogP contribution in [0.5, 0.6) is 5.75 Å². The minimum absolute atomic E-state index is 0.0138. The van der Waals surface area contributed by atoms with Crippen LogP contribution in [0.4, 0.5) is 0 Å². The van der Waals surface area contributed by atoms with E-state index in [-0.39, 0.29) is 23.5 Å². The van der Waals surface area contributed by atoms with Crippen molar-refractivity contribution in [2.24, 2.45) is 5.73 Å². The Kier molecular flexibility index (Phi) is 5.87. The van der Waals surface area contributed by atoms with Crippen LogP contribution in [-0.2, 0) is 4.79 Å². The summed E-state index contributed by atoms with van der Waals surface area (Å²) in [6.07, 6.45) is 5.36. The maximum atomic E-state index is 11.9. The smallest absolute Gasteiger partial charge is 0.258 e. The fourth-order valence-electron chi connectivity index (χ4n) is 2.49. The molecule has 0 bridgehead atoms. The first-order chi connectivity index (χ1) is 10.1. The number of para-hydroxylation sites is 1. The van der Waals surface area contributed by atoms with Crippen LogP contribution in [0.25, 0.3) is 0 Å². The molecule has 4 nitrogen and oxygen atoms in total.